The van der Waals surface area contributed by atoms with Gasteiger partial charge in [-0.25, -0.2) is 5.43 Å². The third-order valence-corrected chi connectivity index (χ3v) is 4.05. The number of hydrazone groups is 1. The maximum Gasteiger partial charge on any atom is 0.240 e. The van der Waals surface area contributed by atoms with Crippen molar-refractivity contribution >= 4 is 39.6 Å². The number of aromatic hydroxyl groups is 1. The van der Waals surface area contributed by atoms with Gasteiger partial charge in [0.1, 0.15) is 0 Å². The molecule has 0 aliphatic carbocycles. The number of hydrogen-bond acceptors (Lipinski definition) is 5. The normalized spacial score (nSPS) is 10.6. The number of anilines is 1. The Labute approximate surface area is 165 Å². The number of carbonyl (C=O) groups is 2. The first-order valence-corrected chi connectivity index (χ1v) is 8.93. The number of nitrogens with zero attached hydrogens (tertiary/aromatic N) is 1. The lowest BCUT2D eigenvalue weighted by Gasteiger charge is -2.07. The molecule has 0 aliphatic heterocycles. The Morgan fingerprint density at radius 3 is 2.52 bits per heavy atom. The van der Waals surface area contributed by atoms with Gasteiger partial charge in [-0.2, -0.15) is 5.10 Å². The van der Waals surface area contributed by atoms with Crippen LogP contribution in [0.5, 0.6) is 11.5 Å². The van der Waals surface area contributed by atoms with Gasteiger partial charge in [-0.15, -0.1) is 0 Å². The van der Waals surface area contributed by atoms with Crippen LogP contribution in [0, 0.1) is 6.92 Å². The van der Waals surface area contributed by atoms with E-state index in [1.807, 2.05) is 19.1 Å². The Bertz CT molecular complexity index is 851. The fourth-order valence-corrected chi connectivity index (χ4v) is 2.62. The van der Waals surface area contributed by atoms with Crippen molar-refractivity contribution in [3.63, 3.8) is 0 Å². The van der Waals surface area contributed by atoms with E-state index in [0.29, 0.717) is 15.7 Å². The number of carbonyl (C=O) groups excluding carboxylic acids is 2. The minimum atomic E-state index is -0.410. The van der Waals surface area contributed by atoms with E-state index in [1.54, 1.807) is 24.3 Å². The van der Waals surface area contributed by atoms with Gasteiger partial charge >= 0.3 is 0 Å². The van der Waals surface area contributed by atoms with Crippen LogP contribution in [0.3, 0.4) is 0 Å². The molecule has 0 radical (unpaired) electrons. The number of rotatable bonds is 7. The van der Waals surface area contributed by atoms with Crippen LogP contribution in [-0.2, 0) is 9.59 Å². The molecule has 0 atom stereocenters. The summed E-state index contributed by atoms with van der Waals surface area (Å²) in [6, 6.07) is 10.6. The fraction of sp³-hybridized carbons (Fsp3) is 0.211. The summed E-state index contributed by atoms with van der Waals surface area (Å²) in [4.78, 5) is 23.7. The van der Waals surface area contributed by atoms with Crippen LogP contribution >= 0.6 is 15.9 Å². The van der Waals surface area contributed by atoms with E-state index in [2.05, 4.69) is 31.8 Å². The highest BCUT2D eigenvalue weighted by molar-refractivity contribution is 9.10. The van der Waals surface area contributed by atoms with Crippen molar-refractivity contribution in [2.45, 2.75) is 19.8 Å². The monoisotopic (exact) mass is 433 g/mol. The number of ether oxygens (including phenoxy) is 1. The average molecular weight is 434 g/mol. The Balaban J connectivity index is 1.82. The molecule has 0 bridgehead atoms. The maximum atomic E-state index is 11.9. The summed E-state index contributed by atoms with van der Waals surface area (Å²) in [5, 5.41) is 16.5. The van der Waals surface area contributed by atoms with E-state index in [0.717, 1.165) is 5.56 Å². The Morgan fingerprint density at radius 2 is 1.85 bits per heavy atom. The molecule has 0 spiro atoms. The number of methoxy groups -OCH3 is 1. The highest BCUT2D eigenvalue weighted by Gasteiger charge is 2.09. The second-order valence-electron chi connectivity index (χ2n) is 5.75. The number of phenolic OH excluding ortho intramolecular Hbond substituents is 1. The van der Waals surface area contributed by atoms with Gasteiger partial charge in [0, 0.05) is 28.6 Å². The van der Waals surface area contributed by atoms with Gasteiger partial charge in [0.25, 0.3) is 0 Å². The third-order valence-electron chi connectivity index (χ3n) is 3.60. The molecule has 0 fully saturated rings. The van der Waals surface area contributed by atoms with Gasteiger partial charge < -0.3 is 15.2 Å². The van der Waals surface area contributed by atoms with Gasteiger partial charge in [-0.05, 0) is 31.2 Å². The van der Waals surface area contributed by atoms with Crippen LogP contribution in [0.2, 0.25) is 0 Å². The second-order valence-corrected chi connectivity index (χ2v) is 6.67. The molecule has 0 aromatic heterocycles. The average Bonchev–Trinajstić information content (AvgIpc) is 2.64. The minimum absolute atomic E-state index is 0.0111. The quantitative estimate of drug-likeness (QED) is 0.460. The molecule has 142 valence electrons. The first-order valence-electron chi connectivity index (χ1n) is 8.14. The SMILES string of the molecule is COc1cc(Br)cc(/C=N/NC(=O)CCC(=O)Nc2ccc(C)cc2)c1O. The summed E-state index contributed by atoms with van der Waals surface area (Å²) in [5.74, 6) is -0.472. The zero-order valence-corrected chi connectivity index (χ0v) is 16.5. The van der Waals surface area contributed by atoms with Crippen LogP contribution < -0.4 is 15.5 Å². The summed E-state index contributed by atoms with van der Waals surface area (Å²) in [7, 11) is 1.44. The first kappa shape index (κ1) is 20.4. The van der Waals surface area contributed by atoms with E-state index in [9.17, 15) is 14.7 Å². The predicted molar refractivity (Wildman–Crippen MR) is 107 cm³/mol. The summed E-state index contributed by atoms with van der Waals surface area (Å²) in [6.45, 7) is 1.96. The van der Waals surface area contributed by atoms with Crippen LogP contribution in [0.15, 0.2) is 46.0 Å². The number of hydrogen-bond donors (Lipinski definition) is 3. The number of halogens is 1. The molecule has 0 unspecified atom stereocenters. The summed E-state index contributed by atoms with van der Waals surface area (Å²) in [5.41, 5.74) is 4.48. The molecular weight excluding hydrogens is 414 g/mol. The zero-order valence-electron chi connectivity index (χ0n) is 15.0. The second kappa shape index (κ2) is 9.72. The third kappa shape index (κ3) is 6.41. The highest BCUT2D eigenvalue weighted by Crippen LogP contribution is 2.32. The first-order chi connectivity index (χ1) is 12.9. The number of amides is 2. The van der Waals surface area contributed by atoms with E-state index in [1.165, 1.54) is 13.3 Å². The lowest BCUT2D eigenvalue weighted by molar-refractivity contribution is -0.124. The van der Waals surface area contributed by atoms with Gasteiger partial charge in [-0.3, -0.25) is 9.59 Å². The van der Waals surface area contributed by atoms with Crippen molar-refractivity contribution in [3.05, 3.63) is 52.0 Å². The lowest BCUT2D eigenvalue weighted by atomic mass is 10.2. The standard InChI is InChI=1S/C19H20BrN3O4/c1-12-3-5-15(6-4-12)22-17(24)7-8-18(25)23-21-11-13-9-14(20)10-16(27-2)19(13)26/h3-6,9-11,26H,7-8H2,1-2H3,(H,22,24)(H,23,25)/b21-11+. The van der Waals surface area contributed by atoms with Crippen molar-refractivity contribution in [2.75, 3.05) is 12.4 Å². The van der Waals surface area contributed by atoms with Crippen LogP contribution in [0.25, 0.3) is 0 Å². The van der Waals surface area contributed by atoms with Gasteiger partial charge in [0.15, 0.2) is 11.5 Å². The Kier molecular flexibility index (Phi) is 7.36. The molecule has 0 saturated heterocycles. The molecule has 3 N–H and O–H groups in total. The molecule has 2 aromatic carbocycles. The van der Waals surface area contributed by atoms with E-state index in [-0.39, 0.29) is 30.2 Å². The largest absolute Gasteiger partial charge is 0.504 e. The zero-order chi connectivity index (χ0) is 19.8. The molecule has 2 amide bonds. The van der Waals surface area contributed by atoms with Crippen LogP contribution in [0.1, 0.15) is 24.0 Å². The fourth-order valence-electron chi connectivity index (χ4n) is 2.17. The molecule has 8 heteroatoms. The summed E-state index contributed by atoms with van der Waals surface area (Å²) < 4.78 is 5.73. The van der Waals surface area contributed by atoms with Crippen LogP contribution in [0.4, 0.5) is 5.69 Å². The topological polar surface area (TPSA) is 100 Å². The smallest absolute Gasteiger partial charge is 0.240 e. The molecular formula is C19H20BrN3O4. The number of nitrogens with one attached hydrogen (secondary N) is 2. The van der Waals surface area contributed by atoms with Crippen molar-refractivity contribution in [3.8, 4) is 11.5 Å². The van der Waals surface area contributed by atoms with Crippen molar-refractivity contribution in [2.24, 2.45) is 5.10 Å². The highest BCUT2D eigenvalue weighted by atomic mass is 79.9. The molecule has 0 saturated carbocycles. The molecule has 0 heterocycles. The van der Waals surface area contributed by atoms with Crippen molar-refractivity contribution in [1.29, 1.82) is 0 Å². The van der Waals surface area contributed by atoms with E-state index in [4.69, 9.17) is 4.74 Å². The van der Waals surface area contributed by atoms with Crippen molar-refractivity contribution in [1.82, 2.24) is 5.43 Å². The molecule has 0 aliphatic rings. The summed E-state index contributed by atoms with van der Waals surface area (Å²) in [6.07, 6.45) is 1.32. The number of aryl methyl sites for hydroxylation is 1. The van der Waals surface area contributed by atoms with Crippen molar-refractivity contribution < 1.29 is 19.4 Å². The minimum Gasteiger partial charge on any atom is -0.504 e. The Morgan fingerprint density at radius 1 is 1.19 bits per heavy atom. The molecule has 7 nitrogen and oxygen atoms in total. The van der Waals surface area contributed by atoms with Crippen LogP contribution in [-0.4, -0.2) is 30.2 Å². The molecule has 2 rings (SSSR count). The van der Waals surface area contributed by atoms with E-state index >= 15 is 0 Å². The predicted octanol–water partition coefficient (Wildman–Crippen LogP) is 3.34. The summed E-state index contributed by atoms with van der Waals surface area (Å²) >= 11 is 3.30. The maximum absolute atomic E-state index is 11.9. The molecule has 2 aromatic rings. The van der Waals surface area contributed by atoms with E-state index < -0.39 is 5.91 Å². The lowest BCUT2D eigenvalue weighted by Crippen LogP contribution is -2.20. The van der Waals surface area contributed by atoms with Gasteiger partial charge in [-0.1, -0.05) is 33.6 Å². The Hall–Kier alpha value is -2.87. The number of phenols is 1. The molecule has 27 heavy (non-hydrogen) atoms. The number of benzene rings is 2. The van der Waals surface area contributed by atoms with Gasteiger partial charge in [0.05, 0.1) is 13.3 Å². The van der Waals surface area contributed by atoms with Gasteiger partial charge in [0.2, 0.25) is 11.8 Å².